The summed E-state index contributed by atoms with van der Waals surface area (Å²) in [4.78, 5) is 20.1. The summed E-state index contributed by atoms with van der Waals surface area (Å²) < 4.78 is 23.3. The fourth-order valence-electron chi connectivity index (χ4n) is 14.5. The fraction of sp³-hybridized carbons (Fsp3) is 0.761. The molecule has 1 aliphatic heterocycles. The summed E-state index contributed by atoms with van der Waals surface area (Å²) in [6.45, 7) is 14.8. The van der Waals surface area contributed by atoms with E-state index in [1.807, 2.05) is 0 Å². The molecule has 300 valence electrons. The van der Waals surface area contributed by atoms with Crippen molar-refractivity contribution in [2.45, 2.75) is 117 Å². The molecular formula is C46H66N4O4S. The Kier molecular flexibility index (Phi) is 10.8. The first-order valence-corrected chi connectivity index (χ1v) is 23.2. The van der Waals surface area contributed by atoms with Crippen LogP contribution in [0.2, 0.25) is 0 Å². The van der Waals surface area contributed by atoms with E-state index in [-0.39, 0.29) is 23.4 Å². The van der Waals surface area contributed by atoms with Gasteiger partial charge in [0.1, 0.15) is 35.3 Å². The molecule has 9 atom stereocenters. The Hall–Kier alpha value is -2.38. The van der Waals surface area contributed by atoms with Gasteiger partial charge < -0.3 is 19.3 Å². The number of methoxy groups -OCH3 is 1. The van der Waals surface area contributed by atoms with E-state index in [9.17, 15) is 14.6 Å². The quantitative estimate of drug-likeness (QED) is 0.199. The van der Waals surface area contributed by atoms with Gasteiger partial charge in [-0.2, -0.15) is 5.26 Å². The minimum absolute atomic E-state index is 0.0565. The van der Waals surface area contributed by atoms with Crippen LogP contribution >= 0.6 is 0 Å². The van der Waals surface area contributed by atoms with Crippen molar-refractivity contribution in [1.82, 2.24) is 15.2 Å². The zero-order valence-electron chi connectivity index (χ0n) is 34.3. The molecule has 6 aliphatic carbocycles. The Morgan fingerprint density at radius 2 is 1.80 bits per heavy atom. The van der Waals surface area contributed by atoms with Crippen molar-refractivity contribution in [2.24, 2.45) is 51.2 Å². The highest BCUT2D eigenvalue weighted by atomic mass is 32.2. The number of carbonyl (C=O) groups excluding carboxylic acids is 1. The number of fused-ring (bicyclic) bond motifs is 7. The highest BCUT2D eigenvalue weighted by molar-refractivity contribution is 7.91. The molecule has 1 aromatic rings. The van der Waals surface area contributed by atoms with Crippen molar-refractivity contribution < 1.29 is 18.8 Å². The van der Waals surface area contributed by atoms with Crippen molar-refractivity contribution in [3.8, 4) is 11.9 Å². The number of nitrogens with zero attached hydrogens (tertiary/aromatic N) is 3. The lowest BCUT2D eigenvalue weighted by atomic mass is 9.37. The standard InChI is InChI=1S/C46H66N4O4S/c1-42(2)35(32-13-21-45(22-14-32,41(51)53-5)31-54-40-10-6-8-33(30-47)49-40)15-19-44(4)38(42)17-20-43(3)36-16-23-46(48-24-25-50-26-28-55(52)29-27-50)18-7-9-37(46)34(36)11-12-39(43)44/h6,8,10,13,15,34,36-39,48H,7,9,11-12,14,16-29,31H2,1-5H3. The summed E-state index contributed by atoms with van der Waals surface area (Å²) in [5.41, 5.74) is 3.51. The molecule has 0 radical (unpaired) electrons. The number of aromatic nitrogens is 1. The van der Waals surface area contributed by atoms with Gasteiger partial charge in [0, 0.05) is 37.8 Å². The molecule has 1 saturated heterocycles. The number of nitrogens with one attached hydrogen (secondary N) is 1. The maximum Gasteiger partial charge on any atom is 0.315 e. The van der Waals surface area contributed by atoms with Crippen molar-refractivity contribution >= 4 is 17.1 Å². The predicted octanol–water partition coefficient (Wildman–Crippen LogP) is 8.01. The molecule has 0 amide bonds. The van der Waals surface area contributed by atoms with Crippen LogP contribution in [0.3, 0.4) is 0 Å². The molecule has 8 nitrogen and oxygen atoms in total. The Morgan fingerprint density at radius 1 is 0.982 bits per heavy atom. The van der Waals surface area contributed by atoms with E-state index in [1.165, 1.54) is 76.0 Å². The molecule has 0 bridgehead atoms. The maximum atomic E-state index is 13.3. The van der Waals surface area contributed by atoms with Crippen LogP contribution in [-0.2, 0) is 20.7 Å². The third-order valence-electron chi connectivity index (χ3n) is 17.2. The topological polar surface area (TPSA) is 111 Å². The minimum atomic E-state index is -0.774. The average molecular weight is 771 g/mol. The van der Waals surface area contributed by atoms with Crippen LogP contribution in [0.5, 0.6) is 5.88 Å². The number of hydrogen-bond acceptors (Lipinski definition) is 8. The van der Waals surface area contributed by atoms with Crippen molar-refractivity contribution in [1.29, 1.82) is 5.26 Å². The molecule has 2 heterocycles. The number of pyridine rings is 1. The van der Waals surface area contributed by atoms with Gasteiger partial charge >= 0.3 is 5.97 Å². The Labute approximate surface area is 333 Å². The molecule has 0 aromatic carbocycles. The van der Waals surface area contributed by atoms with Crippen LogP contribution in [-0.4, -0.2) is 77.3 Å². The summed E-state index contributed by atoms with van der Waals surface area (Å²) in [5.74, 6) is 5.70. The van der Waals surface area contributed by atoms with Gasteiger partial charge in [0.25, 0.3) is 0 Å². The Morgan fingerprint density at radius 3 is 2.55 bits per heavy atom. The highest BCUT2D eigenvalue weighted by Crippen LogP contribution is 2.72. The first kappa shape index (κ1) is 39.4. The SMILES string of the molecule is COC(=O)C1(COc2cccc(C#N)n2)CC=C(C2=CCC3(C)C(CCC4(C)C5CCC6(NCCN7CC[S+]([O-])CC7)CCCC6C5CCC43)C2(C)C)CC1. The van der Waals surface area contributed by atoms with Crippen molar-refractivity contribution in [3.63, 3.8) is 0 Å². The summed E-state index contributed by atoms with van der Waals surface area (Å²) in [6, 6.07) is 7.22. The molecule has 1 N–H and O–H groups in total. The molecule has 1 aromatic heterocycles. The van der Waals surface area contributed by atoms with E-state index >= 15 is 0 Å². The molecule has 9 heteroatoms. The normalized spacial score (nSPS) is 40.0. The molecular weight excluding hydrogens is 705 g/mol. The second-order valence-corrected chi connectivity index (χ2v) is 21.5. The van der Waals surface area contributed by atoms with Crippen LogP contribution in [0.4, 0.5) is 0 Å². The number of hydrogen-bond donors (Lipinski definition) is 1. The molecule has 55 heavy (non-hydrogen) atoms. The Balaban J connectivity index is 0.962. The number of allylic oxidation sites excluding steroid dienone is 4. The van der Waals surface area contributed by atoms with Crippen LogP contribution in [0.1, 0.15) is 117 Å². The fourth-order valence-corrected chi connectivity index (χ4v) is 15.7. The smallest absolute Gasteiger partial charge is 0.315 e. The van der Waals surface area contributed by atoms with Crippen LogP contribution in [0.25, 0.3) is 0 Å². The first-order valence-electron chi connectivity index (χ1n) is 21.7. The zero-order valence-corrected chi connectivity index (χ0v) is 35.1. The average Bonchev–Trinajstić information content (AvgIpc) is 3.62. The predicted molar refractivity (Wildman–Crippen MR) is 218 cm³/mol. The summed E-state index contributed by atoms with van der Waals surface area (Å²) >= 11 is -0.607. The van der Waals surface area contributed by atoms with Gasteiger partial charge in [-0.1, -0.05) is 63.5 Å². The molecule has 0 spiro atoms. The maximum absolute atomic E-state index is 13.3. The van der Waals surface area contributed by atoms with Crippen molar-refractivity contribution in [2.75, 3.05) is 51.4 Å². The minimum Gasteiger partial charge on any atom is -0.616 e. The van der Waals surface area contributed by atoms with Gasteiger partial charge in [0.15, 0.2) is 0 Å². The number of nitriles is 1. The second-order valence-electron chi connectivity index (χ2n) is 19.8. The van der Waals surface area contributed by atoms with E-state index in [1.54, 1.807) is 18.2 Å². The van der Waals surface area contributed by atoms with E-state index < -0.39 is 16.6 Å². The van der Waals surface area contributed by atoms with Gasteiger partial charge in [0.2, 0.25) is 5.88 Å². The van der Waals surface area contributed by atoms with Gasteiger partial charge in [0.05, 0.1) is 7.11 Å². The summed E-state index contributed by atoms with van der Waals surface area (Å²) in [5, 5.41) is 13.5. The molecule has 5 fully saturated rings. The highest BCUT2D eigenvalue weighted by Gasteiger charge is 2.65. The van der Waals surface area contributed by atoms with E-state index in [2.05, 4.69) is 61.1 Å². The number of ether oxygens (including phenoxy) is 2. The van der Waals surface area contributed by atoms with Crippen LogP contribution in [0, 0.1) is 62.6 Å². The zero-order chi connectivity index (χ0) is 38.6. The second kappa shape index (κ2) is 15.1. The third-order valence-corrected chi connectivity index (χ3v) is 18.5. The first-order chi connectivity index (χ1) is 26.4. The van der Waals surface area contributed by atoms with Gasteiger partial charge in [-0.05, 0) is 140 Å². The van der Waals surface area contributed by atoms with Crippen LogP contribution in [0.15, 0.2) is 41.5 Å². The Bertz CT molecular complexity index is 1710. The van der Waals surface area contributed by atoms with Crippen molar-refractivity contribution in [3.05, 3.63) is 47.2 Å². The van der Waals surface area contributed by atoms with Gasteiger partial charge in [-0.15, -0.1) is 0 Å². The molecule has 9 unspecified atom stereocenters. The lowest BCUT2D eigenvalue weighted by molar-refractivity contribution is -0.175. The van der Waals surface area contributed by atoms with E-state index in [0.29, 0.717) is 41.3 Å². The largest absolute Gasteiger partial charge is 0.616 e. The summed E-state index contributed by atoms with van der Waals surface area (Å²) in [6.07, 6.45) is 20.4. The van der Waals surface area contributed by atoms with Gasteiger partial charge in [-0.3, -0.25) is 9.69 Å². The number of rotatable bonds is 9. The lowest BCUT2D eigenvalue weighted by Gasteiger charge is -2.68. The van der Waals surface area contributed by atoms with E-state index in [0.717, 1.165) is 74.2 Å². The number of carbonyl (C=O) groups is 1. The number of esters is 1. The molecule has 4 saturated carbocycles. The lowest BCUT2D eigenvalue weighted by Crippen LogP contribution is -2.64. The molecule has 7 aliphatic rings. The monoisotopic (exact) mass is 770 g/mol. The van der Waals surface area contributed by atoms with E-state index in [4.69, 9.17) is 9.47 Å². The molecule has 8 rings (SSSR count). The van der Waals surface area contributed by atoms with Crippen LogP contribution < -0.4 is 10.1 Å². The van der Waals surface area contributed by atoms with Gasteiger partial charge in [-0.25, -0.2) is 4.98 Å². The third kappa shape index (κ3) is 6.81. The summed E-state index contributed by atoms with van der Waals surface area (Å²) in [7, 11) is 1.47.